The highest BCUT2D eigenvalue weighted by molar-refractivity contribution is 5.96. The van der Waals surface area contributed by atoms with Crippen LogP contribution >= 0.6 is 0 Å². The van der Waals surface area contributed by atoms with Crippen LogP contribution in [0.25, 0.3) is 0 Å². The van der Waals surface area contributed by atoms with Crippen molar-refractivity contribution in [3.63, 3.8) is 0 Å². The zero-order valence-corrected chi connectivity index (χ0v) is 11.7. The van der Waals surface area contributed by atoms with Gasteiger partial charge in [0.25, 0.3) is 0 Å². The molecular formula is C14H23NO3. The highest BCUT2D eigenvalue weighted by Crippen LogP contribution is 2.21. The van der Waals surface area contributed by atoms with Gasteiger partial charge in [-0.3, -0.25) is 9.69 Å². The largest absolute Gasteiger partial charge is 0.444 e. The van der Waals surface area contributed by atoms with Crippen molar-refractivity contribution in [1.82, 2.24) is 4.90 Å². The lowest BCUT2D eigenvalue weighted by molar-refractivity contribution is -0.120. The van der Waals surface area contributed by atoms with Crippen molar-refractivity contribution >= 4 is 11.9 Å². The molecule has 0 aromatic carbocycles. The summed E-state index contributed by atoms with van der Waals surface area (Å²) in [5.41, 5.74) is -0.525. The van der Waals surface area contributed by atoms with E-state index in [0.29, 0.717) is 6.54 Å². The summed E-state index contributed by atoms with van der Waals surface area (Å²) in [4.78, 5) is 25.6. The molecule has 4 heteroatoms. The van der Waals surface area contributed by atoms with Crippen LogP contribution in [0.15, 0.2) is 12.2 Å². The fourth-order valence-electron chi connectivity index (χ4n) is 2.04. The number of nitrogens with zero attached hydrogens (tertiary/aromatic N) is 1. The molecule has 1 atom stereocenters. The maximum absolute atomic E-state index is 12.1. The van der Waals surface area contributed by atoms with Gasteiger partial charge >= 0.3 is 6.09 Å². The van der Waals surface area contributed by atoms with Crippen LogP contribution in [0.4, 0.5) is 4.79 Å². The molecule has 18 heavy (non-hydrogen) atoms. The maximum Gasteiger partial charge on any atom is 0.410 e. The van der Waals surface area contributed by atoms with E-state index in [-0.39, 0.29) is 17.9 Å². The van der Waals surface area contributed by atoms with Crippen molar-refractivity contribution in [3.05, 3.63) is 12.2 Å². The molecule has 1 amide bonds. The van der Waals surface area contributed by atoms with Gasteiger partial charge in [0.1, 0.15) is 5.60 Å². The van der Waals surface area contributed by atoms with Gasteiger partial charge in [0.15, 0.2) is 5.78 Å². The van der Waals surface area contributed by atoms with E-state index in [1.54, 1.807) is 17.9 Å². The van der Waals surface area contributed by atoms with Crippen molar-refractivity contribution < 1.29 is 14.3 Å². The van der Waals surface area contributed by atoms with Gasteiger partial charge in [0.05, 0.1) is 6.04 Å². The van der Waals surface area contributed by atoms with Crippen LogP contribution in [0.3, 0.4) is 0 Å². The number of rotatable bonds is 2. The number of carbonyl (C=O) groups is 2. The first-order valence-corrected chi connectivity index (χ1v) is 6.51. The Balaban J connectivity index is 2.76. The molecule has 0 aromatic heterocycles. The first kappa shape index (κ1) is 14.7. The summed E-state index contributed by atoms with van der Waals surface area (Å²) in [6.45, 7) is 7.90. The molecule has 0 unspecified atom stereocenters. The summed E-state index contributed by atoms with van der Waals surface area (Å²) in [6, 6.07) is -0.357. The van der Waals surface area contributed by atoms with Crippen LogP contribution in [0.1, 0.15) is 47.0 Å². The molecule has 0 N–H and O–H groups in total. The van der Waals surface area contributed by atoms with Crippen LogP contribution in [-0.4, -0.2) is 35.0 Å². The molecule has 1 aliphatic rings. The lowest BCUT2D eigenvalue weighted by Gasteiger charge is -2.35. The minimum atomic E-state index is -0.525. The van der Waals surface area contributed by atoms with Crippen molar-refractivity contribution in [2.45, 2.75) is 58.6 Å². The summed E-state index contributed by atoms with van der Waals surface area (Å²) in [5, 5.41) is 0. The van der Waals surface area contributed by atoms with Gasteiger partial charge in [-0.25, -0.2) is 4.79 Å². The van der Waals surface area contributed by atoms with Crippen molar-refractivity contribution in [3.8, 4) is 0 Å². The van der Waals surface area contributed by atoms with Gasteiger partial charge in [-0.1, -0.05) is 6.08 Å². The van der Waals surface area contributed by atoms with Crippen molar-refractivity contribution in [2.24, 2.45) is 0 Å². The zero-order valence-electron chi connectivity index (χ0n) is 11.7. The summed E-state index contributed by atoms with van der Waals surface area (Å²) in [5.74, 6) is -0.0111. The fourth-order valence-corrected chi connectivity index (χ4v) is 2.04. The zero-order chi connectivity index (χ0) is 13.8. The van der Waals surface area contributed by atoms with Gasteiger partial charge in [0, 0.05) is 6.54 Å². The molecule has 1 saturated heterocycles. The van der Waals surface area contributed by atoms with E-state index in [2.05, 4.69) is 0 Å². The highest BCUT2D eigenvalue weighted by atomic mass is 16.6. The number of carbonyl (C=O) groups excluding carboxylic acids is 2. The number of allylic oxidation sites excluding steroid dienone is 1. The van der Waals surface area contributed by atoms with Crippen LogP contribution < -0.4 is 0 Å². The van der Waals surface area contributed by atoms with E-state index in [1.165, 1.54) is 6.08 Å². The molecule has 1 fully saturated rings. The number of hydrogen-bond acceptors (Lipinski definition) is 3. The molecular weight excluding hydrogens is 230 g/mol. The fraction of sp³-hybridized carbons (Fsp3) is 0.714. The third kappa shape index (κ3) is 4.17. The van der Waals surface area contributed by atoms with E-state index >= 15 is 0 Å². The highest BCUT2D eigenvalue weighted by Gasteiger charge is 2.33. The van der Waals surface area contributed by atoms with E-state index in [1.807, 2.05) is 20.8 Å². The average molecular weight is 253 g/mol. The molecule has 0 aliphatic carbocycles. The Labute approximate surface area is 109 Å². The normalized spacial score (nSPS) is 21.1. The third-order valence-electron chi connectivity index (χ3n) is 2.79. The minimum Gasteiger partial charge on any atom is -0.444 e. The summed E-state index contributed by atoms with van der Waals surface area (Å²) in [7, 11) is 0. The quantitative estimate of drug-likeness (QED) is 0.711. The Hall–Kier alpha value is -1.32. The summed E-state index contributed by atoms with van der Waals surface area (Å²) < 4.78 is 5.35. The van der Waals surface area contributed by atoms with Gasteiger partial charge in [0.2, 0.25) is 0 Å². The molecule has 0 spiro atoms. The average Bonchev–Trinajstić information content (AvgIpc) is 2.27. The molecule has 1 rings (SSSR count). The van der Waals surface area contributed by atoms with Crippen LogP contribution in [-0.2, 0) is 9.53 Å². The Morgan fingerprint density at radius 3 is 2.50 bits per heavy atom. The Bertz CT molecular complexity index is 341. The van der Waals surface area contributed by atoms with E-state index in [4.69, 9.17) is 4.74 Å². The predicted molar refractivity (Wildman–Crippen MR) is 70.4 cm³/mol. The van der Waals surface area contributed by atoms with Crippen LogP contribution in [0.2, 0.25) is 0 Å². The van der Waals surface area contributed by atoms with E-state index < -0.39 is 5.60 Å². The summed E-state index contributed by atoms with van der Waals surface area (Å²) in [6.07, 6.45) is 5.50. The SMILES string of the molecule is C/C=C/C(=O)[C@H]1CCCCN1C(=O)OC(C)(C)C. The second-order valence-corrected chi connectivity index (χ2v) is 5.59. The lowest BCUT2D eigenvalue weighted by Crippen LogP contribution is -2.49. The molecule has 4 nitrogen and oxygen atoms in total. The lowest BCUT2D eigenvalue weighted by atomic mass is 9.98. The van der Waals surface area contributed by atoms with E-state index in [0.717, 1.165) is 19.3 Å². The van der Waals surface area contributed by atoms with Crippen LogP contribution in [0.5, 0.6) is 0 Å². The molecule has 0 bridgehead atoms. The number of likely N-dealkylation sites (tertiary alicyclic amines) is 1. The topological polar surface area (TPSA) is 46.6 Å². The molecule has 102 valence electrons. The minimum absolute atomic E-state index is 0.0111. The number of piperidine rings is 1. The van der Waals surface area contributed by atoms with Gasteiger partial charge < -0.3 is 4.74 Å². The van der Waals surface area contributed by atoms with Crippen molar-refractivity contribution in [2.75, 3.05) is 6.54 Å². The van der Waals surface area contributed by atoms with Crippen LogP contribution in [0, 0.1) is 0 Å². The second kappa shape index (κ2) is 6.03. The molecule has 1 heterocycles. The van der Waals surface area contributed by atoms with E-state index in [9.17, 15) is 9.59 Å². The molecule has 1 aliphatic heterocycles. The first-order chi connectivity index (χ1) is 8.35. The van der Waals surface area contributed by atoms with Gasteiger partial charge in [-0.15, -0.1) is 0 Å². The Morgan fingerprint density at radius 1 is 1.28 bits per heavy atom. The number of amides is 1. The number of ketones is 1. The first-order valence-electron chi connectivity index (χ1n) is 6.51. The number of hydrogen-bond donors (Lipinski definition) is 0. The monoisotopic (exact) mass is 253 g/mol. The molecule has 0 saturated carbocycles. The smallest absolute Gasteiger partial charge is 0.410 e. The van der Waals surface area contributed by atoms with Gasteiger partial charge in [-0.2, -0.15) is 0 Å². The summed E-state index contributed by atoms with van der Waals surface area (Å²) >= 11 is 0. The standard InChI is InChI=1S/C14H23NO3/c1-5-8-12(16)11-9-6-7-10-15(11)13(17)18-14(2,3)4/h5,8,11H,6-7,9-10H2,1-4H3/b8-5+/t11-/m1/s1. The van der Waals surface area contributed by atoms with Gasteiger partial charge in [-0.05, 0) is 53.0 Å². The maximum atomic E-state index is 12.1. The number of ether oxygens (including phenoxy) is 1. The predicted octanol–water partition coefficient (Wildman–Crippen LogP) is 2.92. The molecule has 0 aromatic rings. The molecule has 0 radical (unpaired) electrons. The Kier molecular flexibility index (Phi) is 4.93. The second-order valence-electron chi connectivity index (χ2n) is 5.59. The third-order valence-corrected chi connectivity index (χ3v) is 2.79. The van der Waals surface area contributed by atoms with Crippen molar-refractivity contribution in [1.29, 1.82) is 0 Å². The Morgan fingerprint density at radius 2 is 1.94 bits per heavy atom.